The molecule has 0 saturated heterocycles. The maximum atomic E-state index is 6.41. The Hall–Kier alpha value is -17.3. The standard InChI is InChI=1S/C42H24N2O.2C42H24N2S/c2*1-2-9-27(10-3-1)39-40(44-41-31-11-5-4-8-25(31)18-23-36(41)43-39)29-17-19-30-28(24-29)15-14-26-16-20-35-33(38(26)30)21-22-34-32-12-6-7-13-37(32)45-42(34)35;1-2-9-27(10-3-1)40-41(44-42-31-11-5-4-8-25(31)18-22-35(42)43-40)29-17-19-30-28(24-29)15-14-26-16-20-33-32(38(26)30)21-23-37-39(33)34-12-6-7-13-36(34)45-37/h3*1-24H. The maximum Gasteiger partial charge on any atom is 0.143 e. The fourth-order valence-corrected chi connectivity index (χ4v) is 23.7. The predicted molar refractivity (Wildman–Crippen MR) is 574 cm³/mol. The van der Waals surface area contributed by atoms with Gasteiger partial charge in [-0.3, -0.25) is 0 Å². The van der Waals surface area contributed by atoms with Crippen LogP contribution >= 0.6 is 22.7 Å². The van der Waals surface area contributed by atoms with Gasteiger partial charge in [0.2, 0.25) is 0 Å². The second-order valence-electron chi connectivity index (χ2n) is 35.2. The van der Waals surface area contributed by atoms with Crippen molar-refractivity contribution in [3.8, 4) is 67.5 Å². The van der Waals surface area contributed by atoms with Gasteiger partial charge in [0.15, 0.2) is 0 Å². The van der Waals surface area contributed by atoms with Crippen LogP contribution in [0.4, 0.5) is 0 Å². The number of para-hydroxylation sites is 1. The molecule has 0 unspecified atom stereocenters. The number of benzene rings is 24. The minimum atomic E-state index is 0.883. The van der Waals surface area contributed by atoms with Crippen LogP contribution in [0.25, 0.3) is 292 Å². The first-order valence-corrected chi connectivity index (χ1v) is 47.4. The molecule has 6 aromatic heterocycles. The number of rotatable bonds is 6. The van der Waals surface area contributed by atoms with E-state index in [2.05, 4.69) is 406 Å². The Bertz CT molecular complexity index is 9900. The Morgan fingerprint density at radius 1 is 0.163 bits per heavy atom. The zero-order valence-electron chi connectivity index (χ0n) is 72.5. The second-order valence-corrected chi connectivity index (χ2v) is 37.4. The van der Waals surface area contributed by atoms with E-state index in [1.807, 2.05) is 53.0 Å². The molecule has 624 valence electrons. The summed E-state index contributed by atoms with van der Waals surface area (Å²) in [6.45, 7) is 0. The van der Waals surface area contributed by atoms with E-state index >= 15 is 0 Å². The summed E-state index contributed by atoms with van der Waals surface area (Å²) in [7, 11) is 0. The number of fused-ring (bicyclic) bond motifs is 36. The summed E-state index contributed by atoms with van der Waals surface area (Å²) >= 11 is 3.76. The topological polar surface area (TPSA) is 90.5 Å². The average Bonchev–Trinajstić information content (AvgIpc) is 1.72. The summed E-state index contributed by atoms with van der Waals surface area (Å²) in [5.74, 6) is 0. The van der Waals surface area contributed by atoms with Crippen molar-refractivity contribution in [2.24, 2.45) is 0 Å². The van der Waals surface area contributed by atoms with Crippen LogP contribution in [0.5, 0.6) is 0 Å². The van der Waals surface area contributed by atoms with Crippen molar-refractivity contribution >= 4 is 247 Å². The SMILES string of the molecule is c1ccc(-c2nc3ccc4ccccc4c3nc2-c2ccc3c(ccc4ccc5c(ccc6c7ccccc7oc65)c43)c2)cc1.c1ccc(-c2nc3ccc4ccccc4c3nc2-c2ccc3c(ccc4ccc5c(ccc6c7ccccc7sc65)c43)c2)cc1.c1ccc(-c2nc3ccc4ccccc4c3nc2-c2ccc3c(ccc4ccc5c(ccc6sc7ccccc7c65)c43)c2)cc1. The summed E-state index contributed by atoms with van der Waals surface area (Å²) < 4.78 is 11.8. The third-order valence-electron chi connectivity index (χ3n) is 27.6. The minimum Gasteiger partial charge on any atom is -0.455 e. The van der Waals surface area contributed by atoms with Crippen molar-refractivity contribution in [3.05, 3.63) is 437 Å². The molecule has 0 aliphatic heterocycles. The first-order chi connectivity index (χ1) is 66.9. The molecule has 0 N–H and O–H groups in total. The number of hydrogen-bond donors (Lipinski definition) is 0. The van der Waals surface area contributed by atoms with Crippen LogP contribution in [0, 0.1) is 0 Å². The van der Waals surface area contributed by atoms with Crippen LogP contribution in [0.2, 0.25) is 0 Å². The molecule has 0 radical (unpaired) electrons. The van der Waals surface area contributed by atoms with Crippen molar-refractivity contribution in [1.82, 2.24) is 29.9 Å². The second kappa shape index (κ2) is 30.6. The minimum absolute atomic E-state index is 0.883. The van der Waals surface area contributed by atoms with E-state index in [1.54, 1.807) is 0 Å². The van der Waals surface area contributed by atoms with E-state index < -0.39 is 0 Å². The molecule has 0 atom stereocenters. The van der Waals surface area contributed by atoms with Crippen LogP contribution < -0.4 is 0 Å². The molecule has 6 heterocycles. The lowest BCUT2D eigenvalue weighted by Gasteiger charge is -2.14. The van der Waals surface area contributed by atoms with Gasteiger partial charge in [0.1, 0.15) is 11.2 Å². The number of nitrogens with zero attached hydrogens (tertiary/aromatic N) is 6. The van der Waals surface area contributed by atoms with Crippen LogP contribution in [-0.4, -0.2) is 29.9 Å². The molecule has 0 amide bonds. The molecular formula is C126H72N6OS2. The van der Waals surface area contributed by atoms with Gasteiger partial charge in [-0.25, -0.2) is 29.9 Å². The third kappa shape index (κ3) is 12.4. The molecule has 0 spiro atoms. The van der Waals surface area contributed by atoms with Crippen LogP contribution in [0.3, 0.4) is 0 Å². The number of thiophene rings is 2. The van der Waals surface area contributed by atoms with E-state index in [4.69, 9.17) is 34.3 Å². The number of aromatic nitrogens is 6. The Kier molecular flexibility index (Phi) is 17.4. The Balaban J connectivity index is 0.000000101. The molecule has 7 nitrogen and oxygen atoms in total. The van der Waals surface area contributed by atoms with Crippen molar-refractivity contribution in [3.63, 3.8) is 0 Å². The van der Waals surface area contributed by atoms with E-state index in [-0.39, 0.29) is 0 Å². The maximum absolute atomic E-state index is 6.41. The predicted octanol–water partition coefficient (Wildman–Crippen LogP) is 35.4. The largest absolute Gasteiger partial charge is 0.455 e. The van der Waals surface area contributed by atoms with Gasteiger partial charge in [0, 0.05) is 111 Å². The lowest BCUT2D eigenvalue weighted by atomic mass is 9.93. The van der Waals surface area contributed by atoms with Crippen LogP contribution in [0.1, 0.15) is 0 Å². The lowest BCUT2D eigenvalue weighted by Crippen LogP contribution is -1.96. The van der Waals surface area contributed by atoms with Gasteiger partial charge < -0.3 is 4.42 Å². The van der Waals surface area contributed by atoms with E-state index in [0.29, 0.717) is 0 Å². The summed E-state index contributed by atoms with van der Waals surface area (Å²) in [4.78, 5) is 31.8. The summed E-state index contributed by atoms with van der Waals surface area (Å²) in [6, 6.07) is 156. The number of hydrogen-bond acceptors (Lipinski definition) is 9. The average molecular weight is 1750 g/mol. The molecule has 0 saturated carbocycles. The molecule has 0 fully saturated rings. The van der Waals surface area contributed by atoms with Crippen LogP contribution in [-0.2, 0) is 0 Å². The Morgan fingerprint density at radius 2 is 0.467 bits per heavy atom. The van der Waals surface area contributed by atoms with E-state index in [0.717, 1.165) is 155 Å². The van der Waals surface area contributed by atoms with Crippen molar-refractivity contribution in [2.75, 3.05) is 0 Å². The summed E-state index contributed by atoms with van der Waals surface area (Å²) in [5.41, 5.74) is 19.1. The first kappa shape index (κ1) is 76.5. The Morgan fingerprint density at radius 3 is 0.948 bits per heavy atom. The molecule has 30 aromatic rings. The molecule has 0 aliphatic rings. The normalized spacial score (nSPS) is 12.0. The summed E-state index contributed by atoms with van der Waals surface area (Å²) in [6.07, 6.45) is 0. The smallest absolute Gasteiger partial charge is 0.143 e. The highest BCUT2D eigenvalue weighted by atomic mass is 32.1. The van der Waals surface area contributed by atoms with Gasteiger partial charge in [-0.15, -0.1) is 22.7 Å². The van der Waals surface area contributed by atoms with E-state index in [1.165, 1.54) is 137 Å². The van der Waals surface area contributed by atoms with Gasteiger partial charge in [0.25, 0.3) is 0 Å². The van der Waals surface area contributed by atoms with Crippen LogP contribution in [0.15, 0.2) is 441 Å². The fourth-order valence-electron chi connectivity index (χ4n) is 21.3. The monoisotopic (exact) mass is 1750 g/mol. The van der Waals surface area contributed by atoms with Crippen molar-refractivity contribution in [2.45, 2.75) is 0 Å². The zero-order valence-corrected chi connectivity index (χ0v) is 74.1. The fraction of sp³-hybridized carbons (Fsp3) is 0. The van der Waals surface area contributed by atoms with E-state index in [9.17, 15) is 0 Å². The molecule has 24 aromatic carbocycles. The first-order valence-electron chi connectivity index (χ1n) is 45.7. The molecule has 135 heavy (non-hydrogen) atoms. The zero-order chi connectivity index (χ0) is 88.5. The molecule has 9 heteroatoms. The summed E-state index contributed by atoms with van der Waals surface area (Å²) in [5, 5.41) is 36.9. The van der Waals surface area contributed by atoms with Gasteiger partial charge in [0.05, 0.1) is 67.3 Å². The van der Waals surface area contributed by atoms with Crippen molar-refractivity contribution in [1.29, 1.82) is 0 Å². The molecule has 30 rings (SSSR count). The number of furan rings is 1. The van der Waals surface area contributed by atoms with Gasteiger partial charge >= 0.3 is 0 Å². The molecule has 0 aliphatic carbocycles. The third-order valence-corrected chi connectivity index (χ3v) is 30.0. The Labute approximate surface area is 780 Å². The highest BCUT2D eigenvalue weighted by molar-refractivity contribution is 7.27. The van der Waals surface area contributed by atoms with Gasteiger partial charge in [-0.1, -0.05) is 364 Å². The molecule has 0 bridgehead atoms. The van der Waals surface area contributed by atoms with Crippen molar-refractivity contribution < 1.29 is 4.42 Å². The molecular weight excluding hydrogens is 1680 g/mol. The highest BCUT2D eigenvalue weighted by Crippen LogP contribution is 2.49. The van der Waals surface area contributed by atoms with Gasteiger partial charge in [-0.2, -0.15) is 0 Å². The van der Waals surface area contributed by atoms with Gasteiger partial charge in [-0.05, 0) is 175 Å². The highest BCUT2D eigenvalue weighted by Gasteiger charge is 2.24. The quantitative estimate of drug-likeness (QED) is 0.153. The lowest BCUT2D eigenvalue weighted by molar-refractivity contribution is 0.672.